The molecule has 7 nitrogen and oxygen atoms in total. The average Bonchev–Trinajstić information content (AvgIpc) is 3.64. The first-order valence-electron chi connectivity index (χ1n) is 17.0. The van der Waals surface area contributed by atoms with Crippen LogP contribution in [0.4, 0.5) is 0 Å². The van der Waals surface area contributed by atoms with Crippen LogP contribution in [-0.4, -0.2) is 91.7 Å². The van der Waals surface area contributed by atoms with Crippen molar-refractivity contribution < 1.29 is 14.3 Å². The molecule has 3 aliphatic rings. The predicted octanol–water partition coefficient (Wildman–Crippen LogP) is 7.02. The Labute approximate surface area is 263 Å². The third kappa shape index (κ3) is 6.36. The fourth-order valence-corrected chi connectivity index (χ4v) is 8.17. The van der Waals surface area contributed by atoms with Crippen molar-refractivity contribution in [1.29, 1.82) is 0 Å². The second-order valence-corrected chi connectivity index (χ2v) is 13.7. The van der Waals surface area contributed by atoms with Gasteiger partial charge in [0.2, 0.25) is 5.91 Å². The van der Waals surface area contributed by atoms with E-state index in [-0.39, 0.29) is 0 Å². The molecule has 1 amide bonds. The van der Waals surface area contributed by atoms with Crippen LogP contribution >= 0.6 is 0 Å². The van der Waals surface area contributed by atoms with E-state index in [0.717, 1.165) is 60.7 Å². The molecule has 1 unspecified atom stereocenters. The van der Waals surface area contributed by atoms with Gasteiger partial charge in [-0.25, -0.2) is 0 Å². The van der Waals surface area contributed by atoms with Crippen molar-refractivity contribution in [3.05, 3.63) is 47.5 Å². The molecule has 238 valence electrons. The molecule has 44 heavy (non-hydrogen) atoms. The van der Waals surface area contributed by atoms with Crippen LogP contribution in [-0.2, 0) is 4.79 Å². The van der Waals surface area contributed by atoms with Crippen molar-refractivity contribution in [3.63, 3.8) is 0 Å². The van der Waals surface area contributed by atoms with E-state index in [4.69, 9.17) is 9.47 Å². The largest absolute Gasteiger partial charge is 0.493 e. The van der Waals surface area contributed by atoms with Crippen LogP contribution in [0.5, 0.6) is 11.5 Å². The lowest BCUT2D eigenvalue weighted by Crippen LogP contribution is -2.49. The lowest BCUT2D eigenvalue weighted by atomic mass is 9.87. The molecule has 3 fully saturated rings. The smallest absolute Gasteiger partial charge is 0.236 e. The van der Waals surface area contributed by atoms with Gasteiger partial charge in [-0.05, 0) is 118 Å². The quantitative estimate of drug-likeness (QED) is 0.286. The third-order valence-corrected chi connectivity index (χ3v) is 10.7. The van der Waals surface area contributed by atoms with Crippen LogP contribution in [0.3, 0.4) is 0 Å². The molecule has 3 saturated heterocycles. The highest BCUT2D eigenvalue weighted by molar-refractivity contribution is 5.92. The first-order chi connectivity index (χ1) is 21.4. The number of nitrogens with zero attached hydrogens (tertiary/aromatic N) is 3. The van der Waals surface area contributed by atoms with E-state index in [0.29, 0.717) is 36.4 Å². The molecule has 2 aromatic carbocycles. The highest BCUT2D eigenvalue weighted by Gasteiger charge is 2.32. The summed E-state index contributed by atoms with van der Waals surface area (Å²) in [5.74, 6) is 2.63. The number of carbonyl (C=O) groups is 1. The Morgan fingerprint density at radius 2 is 1.66 bits per heavy atom. The number of hydrogen-bond donors (Lipinski definition) is 1. The molecule has 6 rings (SSSR count). The Morgan fingerprint density at radius 3 is 2.36 bits per heavy atom. The molecular weight excluding hydrogens is 548 g/mol. The zero-order valence-corrected chi connectivity index (χ0v) is 27.5. The van der Waals surface area contributed by atoms with Gasteiger partial charge in [0.1, 0.15) is 0 Å². The number of nitrogens with one attached hydrogen (secondary N) is 1. The van der Waals surface area contributed by atoms with Gasteiger partial charge in [-0.2, -0.15) is 0 Å². The standard InChI is InChI=1S/C37H52N4O3/c1-25(2)36-31-21-27(11-13-32(31)38-37(36)28-12-14-33(43-4)34(22-28)44-5)26-15-19-40(20-16-26)35(42)24-41-18-7-6-9-30(41)23-29-10-8-17-39(29)3/h11-14,21-22,25-26,29-30,38H,6-10,15-20,23-24H2,1-5H3/t29-,30?/m0/s1. The minimum absolute atomic E-state index is 0.331. The SMILES string of the molecule is COc1ccc(-c2[nH]c3ccc(C4CCN(C(=O)CN5CCCCC5C[C@@H]5CCCN5C)CC4)cc3c2C(C)C)cc1OC. The normalized spacial score (nSPS) is 22.3. The summed E-state index contributed by atoms with van der Waals surface area (Å²) < 4.78 is 11.1. The minimum Gasteiger partial charge on any atom is -0.493 e. The van der Waals surface area contributed by atoms with Gasteiger partial charge in [0.25, 0.3) is 0 Å². The molecule has 1 N–H and O–H groups in total. The number of hydrogen-bond acceptors (Lipinski definition) is 5. The van der Waals surface area contributed by atoms with Crippen molar-refractivity contribution in [1.82, 2.24) is 19.7 Å². The number of aromatic nitrogens is 1. The van der Waals surface area contributed by atoms with Crippen LogP contribution < -0.4 is 9.47 Å². The summed E-state index contributed by atoms with van der Waals surface area (Å²) in [6, 6.07) is 14.3. The minimum atomic E-state index is 0.331. The van der Waals surface area contributed by atoms with E-state index in [9.17, 15) is 4.79 Å². The molecule has 0 aliphatic carbocycles. The Hall–Kier alpha value is -3.03. The number of piperidine rings is 2. The van der Waals surface area contributed by atoms with Crippen LogP contribution in [0.2, 0.25) is 0 Å². The van der Waals surface area contributed by atoms with Gasteiger partial charge in [-0.3, -0.25) is 9.69 Å². The summed E-state index contributed by atoms with van der Waals surface area (Å²) in [5, 5.41) is 1.30. The van der Waals surface area contributed by atoms with Crippen molar-refractivity contribution >= 4 is 16.8 Å². The maximum absolute atomic E-state index is 13.5. The van der Waals surface area contributed by atoms with E-state index in [1.807, 2.05) is 6.07 Å². The second-order valence-electron chi connectivity index (χ2n) is 13.7. The van der Waals surface area contributed by atoms with E-state index in [2.05, 4.69) is 70.9 Å². The molecule has 3 aliphatic heterocycles. The highest BCUT2D eigenvalue weighted by atomic mass is 16.5. The predicted molar refractivity (Wildman–Crippen MR) is 179 cm³/mol. The Morgan fingerprint density at radius 1 is 0.886 bits per heavy atom. The molecule has 0 spiro atoms. The lowest BCUT2D eigenvalue weighted by Gasteiger charge is -2.39. The number of fused-ring (bicyclic) bond motifs is 1. The van der Waals surface area contributed by atoms with Crippen LogP contribution in [0.1, 0.15) is 88.2 Å². The molecule has 1 aromatic heterocycles. The van der Waals surface area contributed by atoms with Gasteiger partial charge in [0, 0.05) is 41.6 Å². The number of amides is 1. The van der Waals surface area contributed by atoms with E-state index >= 15 is 0 Å². The molecule has 0 radical (unpaired) electrons. The Balaban J connectivity index is 1.13. The van der Waals surface area contributed by atoms with Gasteiger partial charge in [0.05, 0.1) is 26.5 Å². The van der Waals surface area contributed by atoms with Crippen molar-refractivity contribution in [2.24, 2.45) is 0 Å². The first-order valence-corrected chi connectivity index (χ1v) is 17.0. The monoisotopic (exact) mass is 600 g/mol. The van der Waals surface area contributed by atoms with Crippen molar-refractivity contribution in [2.45, 2.75) is 89.1 Å². The van der Waals surface area contributed by atoms with Crippen molar-refractivity contribution in [3.8, 4) is 22.8 Å². The van der Waals surface area contributed by atoms with Gasteiger partial charge < -0.3 is 24.3 Å². The number of likely N-dealkylation sites (tertiary alicyclic amines) is 3. The number of benzene rings is 2. The fraction of sp³-hybridized carbons (Fsp3) is 0.595. The van der Waals surface area contributed by atoms with Crippen molar-refractivity contribution in [2.75, 3.05) is 54.0 Å². The summed E-state index contributed by atoms with van der Waals surface area (Å²) in [6.45, 7) is 9.13. The molecule has 3 aromatic rings. The number of carbonyl (C=O) groups excluding carboxylic acids is 1. The van der Waals surface area contributed by atoms with Crippen LogP contribution in [0.15, 0.2) is 36.4 Å². The van der Waals surface area contributed by atoms with E-state index in [1.165, 1.54) is 61.6 Å². The Kier molecular flexibility index (Phi) is 9.53. The van der Waals surface area contributed by atoms with Gasteiger partial charge in [-0.1, -0.05) is 26.3 Å². The molecule has 2 atom stereocenters. The maximum Gasteiger partial charge on any atom is 0.236 e. The zero-order valence-electron chi connectivity index (χ0n) is 27.5. The molecule has 4 heterocycles. The van der Waals surface area contributed by atoms with Gasteiger partial charge >= 0.3 is 0 Å². The number of aromatic amines is 1. The average molecular weight is 601 g/mol. The second kappa shape index (κ2) is 13.5. The number of ether oxygens (including phenoxy) is 2. The van der Waals surface area contributed by atoms with Crippen LogP contribution in [0, 0.1) is 0 Å². The summed E-state index contributed by atoms with van der Waals surface area (Å²) >= 11 is 0. The highest BCUT2D eigenvalue weighted by Crippen LogP contribution is 2.40. The zero-order chi connectivity index (χ0) is 30.8. The molecule has 0 bridgehead atoms. The fourth-order valence-electron chi connectivity index (χ4n) is 8.17. The summed E-state index contributed by atoms with van der Waals surface area (Å²) in [7, 11) is 5.62. The van der Waals surface area contributed by atoms with Crippen LogP contribution in [0.25, 0.3) is 22.2 Å². The molecule has 0 saturated carbocycles. The number of H-pyrrole nitrogens is 1. The van der Waals surface area contributed by atoms with E-state index < -0.39 is 0 Å². The Bertz CT molecular complexity index is 1440. The number of methoxy groups -OCH3 is 2. The lowest BCUT2D eigenvalue weighted by molar-refractivity contribution is -0.134. The van der Waals surface area contributed by atoms with Gasteiger partial charge in [-0.15, -0.1) is 0 Å². The summed E-state index contributed by atoms with van der Waals surface area (Å²) in [4.78, 5) is 24.4. The topological polar surface area (TPSA) is 61.0 Å². The summed E-state index contributed by atoms with van der Waals surface area (Å²) in [6.07, 6.45) is 9.67. The molecular formula is C37H52N4O3. The van der Waals surface area contributed by atoms with E-state index in [1.54, 1.807) is 14.2 Å². The maximum atomic E-state index is 13.5. The number of rotatable bonds is 9. The molecule has 7 heteroatoms. The summed E-state index contributed by atoms with van der Waals surface area (Å²) in [5.41, 5.74) is 6.13. The van der Waals surface area contributed by atoms with Gasteiger partial charge in [0.15, 0.2) is 11.5 Å². The third-order valence-electron chi connectivity index (χ3n) is 10.7. The first kappa shape index (κ1) is 31.0.